The standard InChI is InChI=1S/C10H18O4/c1-4-5-7-9(12)10(13-3)8(11)6(2)14-7/h4,6-12H,1,5H2,2-3H3/t6-,7-,8-,9-,10+/m0/s1. The van der Waals surface area contributed by atoms with Crippen LogP contribution in [0.2, 0.25) is 0 Å². The molecule has 82 valence electrons. The fraction of sp³-hybridized carbons (Fsp3) is 0.800. The van der Waals surface area contributed by atoms with Crippen molar-refractivity contribution in [2.45, 2.75) is 43.9 Å². The minimum atomic E-state index is -0.802. The fourth-order valence-corrected chi connectivity index (χ4v) is 1.76. The average Bonchev–Trinajstić information content (AvgIpc) is 2.16. The van der Waals surface area contributed by atoms with Crippen LogP contribution in [0.4, 0.5) is 0 Å². The molecule has 1 fully saturated rings. The van der Waals surface area contributed by atoms with Crippen molar-refractivity contribution in [1.82, 2.24) is 0 Å². The molecule has 1 heterocycles. The molecule has 0 spiro atoms. The first-order chi connectivity index (χ1) is 6.61. The Morgan fingerprint density at radius 1 is 1.43 bits per heavy atom. The molecule has 1 rings (SSSR count). The van der Waals surface area contributed by atoms with Gasteiger partial charge >= 0.3 is 0 Å². The summed E-state index contributed by atoms with van der Waals surface area (Å²) in [5.74, 6) is 0. The number of rotatable bonds is 3. The van der Waals surface area contributed by atoms with Crippen LogP contribution in [0.3, 0.4) is 0 Å². The molecule has 0 aliphatic carbocycles. The molecule has 1 saturated heterocycles. The highest BCUT2D eigenvalue weighted by Gasteiger charge is 2.42. The zero-order valence-electron chi connectivity index (χ0n) is 8.59. The van der Waals surface area contributed by atoms with Gasteiger partial charge in [0.05, 0.1) is 12.2 Å². The topological polar surface area (TPSA) is 58.9 Å². The molecule has 0 aromatic rings. The molecule has 0 unspecified atom stereocenters. The maximum Gasteiger partial charge on any atom is 0.114 e. The number of aliphatic hydroxyl groups is 2. The van der Waals surface area contributed by atoms with Gasteiger partial charge in [-0.1, -0.05) is 6.08 Å². The molecule has 0 radical (unpaired) electrons. The normalized spacial score (nSPS) is 43.6. The van der Waals surface area contributed by atoms with Crippen molar-refractivity contribution in [3.05, 3.63) is 12.7 Å². The van der Waals surface area contributed by atoms with Crippen LogP contribution in [0, 0.1) is 0 Å². The molecule has 14 heavy (non-hydrogen) atoms. The lowest BCUT2D eigenvalue weighted by molar-refractivity contribution is -0.223. The summed E-state index contributed by atoms with van der Waals surface area (Å²) in [5.41, 5.74) is 0. The first kappa shape index (κ1) is 11.7. The molecule has 1 aliphatic heterocycles. The molecule has 0 saturated carbocycles. The second kappa shape index (κ2) is 4.89. The van der Waals surface area contributed by atoms with Crippen LogP contribution in [-0.4, -0.2) is 47.8 Å². The number of hydrogen-bond acceptors (Lipinski definition) is 4. The van der Waals surface area contributed by atoms with E-state index in [1.807, 2.05) is 0 Å². The highest BCUT2D eigenvalue weighted by atomic mass is 16.6. The first-order valence-electron chi connectivity index (χ1n) is 4.77. The van der Waals surface area contributed by atoms with E-state index in [9.17, 15) is 10.2 Å². The van der Waals surface area contributed by atoms with Crippen LogP contribution < -0.4 is 0 Å². The second-order valence-corrected chi connectivity index (χ2v) is 3.59. The van der Waals surface area contributed by atoms with Gasteiger partial charge in [-0.15, -0.1) is 6.58 Å². The Kier molecular flexibility index (Phi) is 4.07. The monoisotopic (exact) mass is 202 g/mol. The number of methoxy groups -OCH3 is 1. The van der Waals surface area contributed by atoms with Gasteiger partial charge in [0.15, 0.2) is 0 Å². The van der Waals surface area contributed by atoms with Gasteiger partial charge in [-0.3, -0.25) is 0 Å². The Morgan fingerprint density at radius 2 is 2.07 bits per heavy atom. The van der Waals surface area contributed by atoms with Crippen molar-refractivity contribution < 1.29 is 19.7 Å². The van der Waals surface area contributed by atoms with E-state index in [-0.39, 0.29) is 12.2 Å². The summed E-state index contributed by atoms with van der Waals surface area (Å²) in [7, 11) is 1.47. The van der Waals surface area contributed by atoms with Crippen molar-refractivity contribution in [2.24, 2.45) is 0 Å². The van der Waals surface area contributed by atoms with E-state index in [4.69, 9.17) is 9.47 Å². The molecular formula is C10H18O4. The van der Waals surface area contributed by atoms with Crippen LogP contribution in [0.25, 0.3) is 0 Å². The van der Waals surface area contributed by atoms with Gasteiger partial charge in [0.25, 0.3) is 0 Å². The third-order valence-corrected chi connectivity index (χ3v) is 2.60. The summed E-state index contributed by atoms with van der Waals surface area (Å²) in [6.07, 6.45) is -0.587. The van der Waals surface area contributed by atoms with E-state index in [1.54, 1.807) is 13.0 Å². The zero-order chi connectivity index (χ0) is 10.7. The van der Waals surface area contributed by atoms with Crippen molar-refractivity contribution in [1.29, 1.82) is 0 Å². The van der Waals surface area contributed by atoms with Crippen LogP contribution in [0.15, 0.2) is 12.7 Å². The van der Waals surface area contributed by atoms with Gasteiger partial charge in [0, 0.05) is 7.11 Å². The summed E-state index contributed by atoms with van der Waals surface area (Å²) in [6.45, 7) is 5.35. The molecular weight excluding hydrogens is 184 g/mol. The van der Waals surface area contributed by atoms with Gasteiger partial charge in [-0.25, -0.2) is 0 Å². The van der Waals surface area contributed by atoms with E-state index in [2.05, 4.69) is 6.58 Å². The summed E-state index contributed by atoms with van der Waals surface area (Å²) >= 11 is 0. The van der Waals surface area contributed by atoms with Crippen LogP contribution in [-0.2, 0) is 9.47 Å². The van der Waals surface area contributed by atoms with Crippen LogP contribution in [0.5, 0.6) is 0 Å². The zero-order valence-corrected chi connectivity index (χ0v) is 8.59. The molecule has 0 amide bonds. The van der Waals surface area contributed by atoms with E-state index in [0.717, 1.165) is 0 Å². The van der Waals surface area contributed by atoms with Crippen molar-refractivity contribution in [3.63, 3.8) is 0 Å². The largest absolute Gasteiger partial charge is 0.388 e. The van der Waals surface area contributed by atoms with Gasteiger partial charge in [0.2, 0.25) is 0 Å². The Bertz CT molecular complexity index is 195. The smallest absolute Gasteiger partial charge is 0.114 e. The minimum absolute atomic E-state index is 0.326. The summed E-state index contributed by atoms with van der Waals surface area (Å²) in [6, 6.07) is 0. The van der Waals surface area contributed by atoms with E-state index >= 15 is 0 Å². The van der Waals surface area contributed by atoms with Gasteiger partial charge in [-0.05, 0) is 13.3 Å². The number of aliphatic hydroxyl groups excluding tert-OH is 2. The van der Waals surface area contributed by atoms with Gasteiger partial charge in [-0.2, -0.15) is 0 Å². The SMILES string of the molecule is C=CC[C@@H]1O[C@@H](C)[C@H](O)[C@@H](OC)[C@H]1O. The number of hydrogen-bond donors (Lipinski definition) is 2. The quantitative estimate of drug-likeness (QED) is 0.637. The fourth-order valence-electron chi connectivity index (χ4n) is 1.76. The van der Waals surface area contributed by atoms with Crippen molar-refractivity contribution in [3.8, 4) is 0 Å². The summed E-state index contributed by atoms with van der Waals surface area (Å²) < 4.78 is 10.5. The summed E-state index contributed by atoms with van der Waals surface area (Å²) in [5, 5.41) is 19.4. The lowest BCUT2D eigenvalue weighted by Gasteiger charge is -2.40. The highest BCUT2D eigenvalue weighted by Crippen LogP contribution is 2.24. The Labute approximate surface area is 84.1 Å². The molecule has 0 aromatic heterocycles. The maximum absolute atomic E-state index is 9.79. The molecule has 4 heteroatoms. The van der Waals surface area contributed by atoms with E-state index in [1.165, 1.54) is 7.11 Å². The number of ether oxygens (including phenoxy) is 2. The molecule has 5 atom stereocenters. The first-order valence-corrected chi connectivity index (χ1v) is 4.77. The third kappa shape index (κ3) is 2.15. The Morgan fingerprint density at radius 3 is 2.57 bits per heavy atom. The highest BCUT2D eigenvalue weighted by molar-refractivity contribution is 4.93. The Balaban J connectivity index is 2.69. The van der Waals surface area contributed by atoms with Crippen LogP contribution in [0.1, 0.15) is 13.3 Å². The maximum atomic E-state index is 9.79. The van der Waals surface area contributed by atoms with Gasteiger partial charge in [0.1, 0.15) is 18.3 Å². The van der Waals surface area contributed by atoms with E-state index < -0.39 is 18.3 Å². The molecule has 1 aliphatic rings. The van der Waals surface area contributed by atoms with Crippen LogP contribution >= 0.6 is 0 Å². The second-order valence-electron chi connectivity index (χ2n) is 3.59. The molecule has 0 aromatic carbocycles. The molecule has 0 bridgehead atoms. The van der Waals surface area contributed by atoms with E-state index in [0.29, 0.717) is 6.42 Å². The molecule has 2 N–H and O–H groups in total. The lowest BCUT2D eigenvalue weighted by Crippen LogP contribution is -2.57. The third-order valence-electron chi connectivity index (χ3n) is 2.60. The average molecular weight is 202 g/mol. The minimum Gasteiger partial charge on any atom is -0.388 e. The summed E-state index contributed by atoms with van der Waals surface area (Å²) in [4.78, 5) is 0. The predicted octanol–water partition coefficient (Wildman–Crippen LogP) is 0.0866. The lowest BCUT2D eigenvalue weighted by atomic mass is 9.94. The Hall–Kier alpha value is -0.420. The van der Waals surface area contributed by atoms with Gasteiger partial charge < -0.3 is 19.7 Å². The van der Waals surface area contributed by atoms with Crippen molar-refractivity contribution in [2.75, 3.05) is 7.11 Å². The predicted molar refractivity (Wildman–Crippen MR) is 52.0 cm³/mol. The van der Waals surface area contributed by atoms with Crippen molar-refractivity contribution >= 4 is 0 Å². The molecule has 4 nitrogen and oxygen atoms in total.